The van der Waals surface area contributed by atoms with Gasteiger partial charge in [-0.15, -0.1) is 11.3 Å². The number of hydrogen-bond donors (Lipinski definition) is 1. The van der Waals surface area contributed by atoms with Crippen LogP contribution in [0, 0.1) is 5.38 Å². The van der Waals surface area contributed by atoms with Crippen molar-refractivity contribution in [3.63, 3.8) is 0 Å². The van der Waals surface area contributed by atoms with Gasteiger partial charge in [0.1, 0.15) is 11.5 Å². The first-order chi connectivity index (χ1) is 10.1. The Kier molecular flexibility index (Phi) is 3.48. The minimum Gasteiger partial charge on any atom is -0.464 e. The van der Waals surface area contributed by atoms with Gasteiger partial charge in [-0.3, -0.25) is 9.79 Å². The summed E-state index contributed by atoms with van der Waals surface area (Å²) in [7, 11) is 0. The minimum absolute atomic E-state index is 0.242. The molecule has 0 saturated carbocycles. The van der Waals surface area contributed by atoms with Crippen molar-refractivity contribution in [1.29, 1.82) is 0 Å². The molecule has 1 aliphatic rings. The third-order valence-electron chi connectivity index (χ3n) is 2.99. The molecule has 0 bridgehead atoms. The number of aliphatic imine (C=N–C) groups is 1. The molecule has 1 radical (unpaired) electrons. The van der Waals surface area contributed by atoms with Crippen LogP contribution in [0.1, 0.15) is 11.1 Å². The fourth-order valence-electron chi connectivity index (χ4n) is 2.09. The molecule has 2 heterocycles. The molecule has 0 saturated heterocycles. The van der Waals surface area contributed by atoms with E-state index >= 15 is 0 Å². The smallest absolute Gasteiger partial charge is 0.419 e. The number of benzene rings is 1. The number of carbonyl (C=O) groups is 2. The summed E-state index contributed by atoms with van der Waals surface area (Å²) in [5, 5.41) is 12.9. The SMILES string of the molecule is O=C(O)N1C(=O)CN=C(c2ccccc2Cl)c2c[c]sc21. The minimum atomic E-state index is -1.33. The van der Waals surface area contributed by atoms with Crippen molar-refractivity contribution in [2.75, 3.05) is 11.4 Å². The summed E-state index contributed by atoms with van der Waals surface area (Å²) in [6.07, 6.45) is -1.33. The van der Waals surface area contributed by atoms with Crippen molar-refractivity contribution < 1.29 is 14.7 Å². The zero-order valence-corrected chi connectivity index (χ0v) is 12.1. The van der Waals surface area contributed by atoms with Gasteiger partial charge >= 0.3 is 6.09 Å². The van der Waals surface area contributed by atoms with Gasteiger partial charge < -0.3 is 5.11 Å². The summed E-state index contributed by atoms with van der Waals surface area (Å²) in [5.74, 6) is -0.596. The summed E-state index contributed by atoms with van der Waals surface area (Å²) in [6.45, 7) is -0.242. The second-order valence-corrected chi connectivity index (χ2v) is 5.47. The molecular weight excluding hydrogens is 312 g/mol. The van der Waals surface area contributed by atoms with E-state index < -0.39 is 12.0 Å². The molecule has 1 aromatic carbocycles. The Labute approximate surface area is 129 Å². The molecule has 0 unspecified atom stereocenters. The van der Waals surface area contributed by atoms with E-state index in [-0.39, 0.29) is 6.54 Å². The summed E-state index contributed by atoms with van der Waals surface area (Å²) in [6, 6.07) is 8.72. The monoisotopic (exact) mass is 319 g/mol. The third-order valence-corrected chi connectivity index (χ3v) is 4.15. The van der Waals surface area contributed by atoms with E-state index in [2.05, 4.69) is 10.4 Å². The van der Waals surface area contributed by atoms with E-state index in [1.54, 1.807) is 30.3 Å². The number of carboxylic acid groups (broad SMARTS) is 1. The molecular formula is C14H8ClN2O3S. The Morgan fingerprint density at radius 2 is 2.14 bits per heavy atom. The molecule has 1 aliphatic heterocycles. The van der Waals surface area contributed by atoms with E-state index in [0.29, 0.717) is 31.8 Å². The van der Waals surface area contributed by atoms with Crippen molar-refractivity contribution >= 4 is 45.7 Å². The summed E-state index contributed by atoms with van der Waals surface area (Å²) in [5.41, 5.74) is 1.71. The molecule has 1 aromatic heterocycles. The van der Waals surface area contributed by atoms with E-state index in [0.717, 1.165) is 11.3 Å². The number of thiophene rings is 1. The number of imide groups is 1. The number of amides is 2. The van der Waals surface area contributed by atoms with Crippen LogP contribution in [0.25, 0.3) is 0 Å². The summed E-state index contributed by atoms with van der Waals surface area (Å²) in [4.78, 5) is 28.2. The number of halogens is 1. The average Bonchev–Trinajstić information content (AvgIpc) is 2.85. The van der Waals surface area contributed by atoms with Crippen LogP contribution in [0.3, 0.4) is 0 Å². The van der Waals surface area contributed by atoms with Crippen molar-refractivity contribution in [1.82, 2.24) is 0 Å². The van der Waals surface area contributed by atoms with Gasteiger partial charge in [0, 0.05) is 21.5 Å². The Morgan fingerprint density at radius 3 is 2.86 bits per heavy atom. The Bertz CT molecular complexity index is 769. The standard InChI is InChI=1S/C14H8ClN2O3S/c15-10-4-2-1-3-8(10)12-9-5-6-21-13(9)17(14(19)20)11(18)7-16-12/h1-5H,7H2,(H,19,20). The molecule has 0 fully saturated rings. The number of nitrogens with zero attached hydrogens (tertiary/aromatic N) is 2. The quantitative estimate of drug-likeness (QED) is 0.878. The summed E-state index contributed by atoms with van der Waals surface area (Å²) >= 11 is 7.24. The van der Waals surface area contributed by atoms with Gasteiger partial charge in [-0.05, 0) is 12.1 Å². The van der Waals surface area contributed by atoms with Crippen LogP contribution in [-0.2, 0) is 4.79 Å². The van der Waals surface area contributed by atoms with Crippen molar-refractivity contribution in [2.45, 2.75) is 0 Å². The van der Waals surface area contributed by atoms with Crippen LogP contribution >= 0.6 is 22.9 Å². The summed E-state index contributed by atoms with van der Waals surface area (Å²) < 4.78 is 0. The van der Waals surface area contributed by atoms with Gasteiger partial charge in [-0.25, -0.2) is 9.69 Å². The lowest BCUT2D eigenvalue weighted by Crippen LogP contribution is -2.36. The lowest BCUT2D eigenvalue weighted by Gasteiger charge is -2.14. The number of hydrogen-bond acceptors (Lipinski definition) is 4. The molecule has 7 heteroatoms. The number of anilines is 1. The molecule has 2 amide bonds. The molecule has 0 spiro atoms. The molecule has 105 valence electrons. The highest BCUT2D eigenvalue weighted by molar-refractivity contribution is 7.14. The first kappa shape index (κ1) is 13.8. The zero-order valence-electron chi connectivity index (χ0n) is 10.5. The lowest BCUT2D eigenvalue weighted by atomic mass is 10.0. The van der Waals surface area contributed by atoms with E-state index in [4.69, 9.17) is 11.6 Å². The highest BCUT2D eigenvalue weighted by Crippen LogP contribution is 2.33. The van der Waals surface area contributed by atoms with Crippen LogP contribution in [0.4, 0.5) is 9.80 Å². The molecule has 5 nitrogen and oxygen atoms in total. The lowest BCUT2D eigenvalue weighted by molar-refractivity contribution is -0.116. The van der Waals surface area contributed by atoms with Crippen LogP contribution in [-0.4, -0.2) is 29.4 Å². The topological polar surface area (TPSA) is 70.0 Å². The second-order valence-electron chi connectivity index (χ2n) is 4.24. The Hall–Kier alpha value is -2.18. The second kappa shape index (κ2) is 5.31. The fourth-order valence-corrected chi connectivity index (χ4v) is 3.14. The maximum absolute atomic E-state index is 12.0. The maximum atomic E-state index is 12.0. The molecule has 0 atom stereocenters. The zero-order chi connectivity index (χ0) is 15.0. The first-order valence-corrected chi connectivity index (χ1v) is 7.14. The number of fused-ring (bicyclic) bond motifs is 1. The molecule has 21 heavy (non-hydrogen) atoms. The van der Waals surface area contributed by atoms with Gasteiger partial charge in [0.15, 0.2) is 0 Å². The fraction of sp³-hybridized carbons (Fsp3) is 0.0714. The highest BCUT2D eigenvalue weighted by Gasteiger charge is 2.31. The van der Waals surface area contributed by atoms with Crippen molar-refractivity contribution in [3.05, 3.63) is 51.9 Å². The van der Waals surface area contributed by atoms with Crippen LogP contribution in [0.15, 0.2) is 35.3 Å². The van der Waals surface area contributed by atoms with Crippen molar-refractivity contribution in [3.8, 4) is 0 Å². The highest BCUT2D eigenvalue weighted by atomic mass is 35.5. The normalized spacial score (nSPS) is 14.4. The largest absolute Gasteiger partial charge is 0.464 e. The molecule has 1 N–H and O–H groups in total. The molecule has 3 rings (SSSR count). The number of rotatable bonds is 1. The van der Waals surface area contributed by atoms with Crippen LogP contribution in [0.2, 0.25) is 5.02 Å². The van der Waals surface area contributed by atoms with Gasteiger partial charge in [0.05, 0.1) is 5.71 Å². The molecule has 0 aliphatic carbocycles. The molecule has 2 aromatic rings. The maximum Gasteiger partial charge on any atom is 0.419 e. The third kappa shape index (κ3) is 2.32. The predicted octanol–water partition coefficient (Wildman–Crippen LogP) is 3.06. The van der Waals surface area contributed by atoms with E-state index in [9.17, 15) is 14.7 Å². The van der Waals surface area contributed by atoms with Crippen molar-refractivity contribution in [2.24, 2.45) is 4.99 Å². The van der Waals surface area contributed by atoms with Gasteiger partial charge in [-0.2, -0.15) is 0 Å². The van der Waals surface area contributed by atoms with Gasteiger partial charge in [-0.1, -0.05) is 29.8 Å². The first-order valence-electron chi connectivity index (χ1n) is 5.95. The number of carbonyl (C=O) groups excluding carboxylic acids is 1. The predicted molar refractivity (Wildman–Crippen MR) is 80.6 cm³/mol. The van der Waals surface area contributed by atoms with Crippen LogP contribution < -0.4 is 4.90 Å². The van der Waals surface area contributed by atoms with Gasteiger partial charge in [0.2, 0.25) is 0 Å². The van der Waals surface area contributed by atoms with Gasteiger partial charge in [0.25, 0.3) is 5.91 Å². The van der Waals surface area contributed by atoms with E-state index in [1.807, 2.05) is 0 Å². The Morgan fingerprint density at radius 1 is 1.38 bits per heavy atom. The average molecular weight is 320 g/mol. The Balaban J connectivity index is 2.20. The van der Waals surface area contributed by atoms with E-state index in [1.165, 1.54) is 0 Å². The van der Waals surface area contributed by atoms with Crippen LogP contribution in [0.5, 0.6) is 0 Å².